The molecule has 0 saturated heterocycles. The van der Waals surface area contributed by atoms with Crippen LogP contribution in [0, 0.1) is 16.0 Å². The van der Waals surface area contributed by atoms with E-state index in [1.54, 1.807) is 42.7 Å². The Balaban J connectivity index is 0.00000240. The largest absolute Gasteiger partial charge is 0.451 e. The predicted molar refractivity (Wildman–Crippen MR) is 107 cm³/mol. The van der Waals surface area contributed by atoms with Gasteiger partial charge in [0.1, 0.15) is 18.4 Å². The Labute approximate surface area is 171 Å². The van der Waals surface area contributed by atoms with E-state index in [2.05, 4.69) is 9.98 Å². The molecule has 0 fully saturated rings. The SMILES string of the molecule is Cl.O=C1C2C=CC=NC2=[N+](c2cccc([N+](=O)[O-])c2)C(=O)N1Cc1ccncc1. The maximum atomic E-state index is 13.2. The van der Waals surface area contributed by atoms with E-state index in [0.29, 0.717) is 0 Å². The highest BCUT2D eigenvalue weighted by molar-refractivity contribution is 6.15. The zero-order valence-electron chi connectivity index (χ0n) is 14.9. The van der Waals surface area contributed by atoms with Gasteiger partial charge in [0.05, 0.1) is 11.0 Å². The Kier molecular flexibility index (Phi) is 5.60. The number of halogens is 1. The number of urea groups is 1. The summed E-state index contributed by atoms with van der Waals surface area (Å²) in [7, 11) is 0. The summed E-state index contributed by atoms with van der Waals surface area (Å²) in [4.78, 5) is 46.0. The first kappa shape index (κ1) is 20.0. The van der Waals surface area contributed by atoms with Crippen molar-refractivity contribution < 1.29 is 19.1 Å². The summed E-state index contributed by atoms with van der Waals surface area (Å²) in [5.41, 5.74) is 0.858. The molecule has 29 heavy (non-hydrogen) atoms. The molecule has 1 atom stereocenters. The van der Waals surface area contributed by atoms with Crippen molar-refractivity contribution in [3.8, 4) is 0 Å². The van der Waals surface area contributed by atoms with Gasteiger partial charge in [0.25, 0.3) is 11.5 Å². The molecule has 10 heteroatoms. The number of amidine groups is 1. The van der Waals surface area contributed by atoms with Crippen LogP contribution in [0.4, 0.5) is 16.2 Å². The first-order valence-corrected chi connectivity index (χ1v) is 8.43. The van der Waals surface area contributed by atoms with Gasteiger partial charge in [0, 0.05) is 18.5 Å². The number of nitrogens with zero attached hydrogens (tertiary/aromatic N) is 5. The number of non-ortho nitro benzene ring substituents is 1. The molecule has 0 saturated carbocycles. The Hall–Kier alpha value is -3.72. The van der Waals surface area contributed by atoms with Crippen LogP contribution in [0.15, 0.2) is 65.9 Å². The monoisotopic (exact) mass is 412 g/mol. The lowest BCUT2D eigenvalue weighted by Gasteiger charge is -2.26. The molecule has 1 aromatic carbocycles. The third kappa shape index (κ3) is 3.67. The maximum absolute atomic E-state index is 13.2. The second kappa shape index (κ2) is 8.11. The fraction of sp³-hybridized carbons (Fsp3) is 0.105. The molecule has 3 heterocycles. The number of rotatable bonds is 4. The van der Waals surface area contributed by atoms with Crippen LogP contribution in [-0.4, -0.2) is 43.4 Å². The van der Waals surface area contributed by atoms with Gasteiger partial charge < -0.3 is 0 Å². The Bertz CT molecular complexity index is 1080. The van der Waals surface area contributed by atoms with Gasteiger partial charge in [-0.05, 0) is 29.8 Å². The standard InChI is InChI=1S/C19H14N5O4.ClH/c25-18-16-5-2-8-21-17(16)23(14-3-1-4-15(11-14)24(27)28)19(26)22(18)12-13-6-9-20-10-7-13;/h1-11,16H,12H2;1H/q+1;. The second-order valence-corrected chi connectivity index (χ2v) is 6.17. The quantitative estimate of drug-likeness (QED) is 0.435. The Morgan fingerprint density at radius 1 is 1.17 bits per heavy atom. The second-order valence-electron chi connectivity index (χ2n) is 6.17. The van der Waals surface area contributed by atoms with Gasteiger partial charge in [-0.15, -0.1) is 17.4 Å². The molecule has 2 aliphatic rings. The zero-order chi connectivity index (χ0) is 19.7. The average molecular weight is 413 g/mol. The van der Waals surface area contributed by atoms with Crippen LogP contribution in [0.5, 0.6) is 0 Å². The number of hydrogen-bond acceptors (Lipinski definition) is 6. The number of fused-ring (bicyclic) bond motifs is 1. The van der Waals surface area contributed by atoms with Gasteiger partial charge >= 0.3 is 11.9 Å². The van der Waals surface area contributed by atoms with Gasteiger partial charge in [0.2, 0.25) is 0 Å². The summed E-state index contributed by atoms with van der Waals surface area (Å²) in [5, 5.41) is 11.1. The van der Waals surface area contributed by atoms with Crippen molar-refractivity contribution in [1.82, 2.24) is 9.88 Å². The van der Waals surface area contributed by atoms with E-state index < -0.39 is 22.8 Å². The zero-order valence-corrected chi connectivity index (χ0v) is 15.7. The number of imide groups is 1. The number of carbonyl (C=O) groups excluding carboxylic acids is 2. The van der Waals surface area contributed by atoms with Crippen molar-refractivity contribution in [2.45, 2.75) is 6.54 Å². The topological polar surface area (TPSA) is 109 Å². The number of amides is 3. The number of nitro benzene ring substituents is 1. The molecule has 1 aromatic heterocycles. The predicted octanol–water partition coefficient (Wildman–Crippen LogP) is 2.87. The Morgan fingerprint density at radius 2 is 1.93 bits per heavy atom. The van der Waals surface area contributed by atoms with Crippen molar-refractivity contribution in [1.29, 1.82) is 0 Å². The van der Waals surface area contributed by atoms with E-state index >= 15 is 0 Å². The molecule has 1 unspecified atom stereocenters. The van der Waals surface area contributed by atoms with Gasteiger partial charge in [-0.1, -0.05) is 12.1 Å². The minimum absolute atomic E-state index is 0. The number of allylic oxidation sites excluding steroid dienone is 1. The molecule has 9 nitrogen and oxygen atoms in total. The Morgan fingerprint density at radius 3 is 2.66 bits per heavy atom. The lowest BCUT2D eigenvalue weighted by Crippen LogP contribution is -2.52. The highest BCUT2D eigenvalue weighted by Crippen LogP contribution is 2.28. The lowest BCUT2D eigenvalue weighted by atomic mass is 10.0. The van der Waals surface area contributed by atoms with Crippen LogP contribution in [0.3, 0.4) is 0 Å². The van der Waals surface area contributed by atoms with E-state index in [9.17, 15) is 19.7 Å². The summed E-state index contributed by atoms with van der Waals surface area (Å²) in [6.07, 6.45) is 7.93. The third-order valence-corrected chi connectivity index (χ3v) is 4.45. The molecule has 2 aromatic rings. The first-order valence-electron chi connectivity index (χ1n) is 8.43. The number of aliphatic imine (C=N–C) groups is 1. The summed E-state index contributed by atoms with van der Waals surface area (Å²) in [6.45, 7) is 0.0624. The lowest BCUT2D eigenvalue weighted by molar-refractivity contribution is -0.387. The molecule has 3 amide bonds. The maximum Gasteiger partial charge on any atom is 0.451 e. The van der Waals surface area contributed by atoms with Crippen molar-refractivity contribution in [3.05, 3.63) is 76.6 Å². The molecular weight excluding hydrogens is 398 g/mol. The summed E-state index contributed by atoms with van der Waals surface area (Å²) in [6, 6.07) is 8.51. The van der Waals surface area contributed by atoms with Crippen LogP contribution in [-0.2, 0) is 11.3 Å². The van der Waals surface area contributed by atoms with Crippen molar-refractivity contribution in [2.75, 3.05) is 0 Å². The normalized spacial score (nSPS) is 17.8. The number of benzene rings is 1. The smallest absolute Gasteiger partial charge is 0.265 e. The van der Waals surface area contributed by atoms with Crippen LogP contribution in [0.1, 0.15) is 5.56 Å². The van der Waals surface area contributed by atoms with Gasteiger partial charge in [-0.2, -0.15) is 9.48 Å². The molecule has 2 aliphatic heterocycles. The number of carbonyl (C=O) groups is 2. The summed E-state index contributed by atoms with van der Waals surface area (Å²) >= 11 is 0. The van der Waals surface area contributed by atoms with Crippen molar-refractivity contribution in [3.63, 3.8) is 0 Å². The number of dihydropyridines is 1. The van der Waals surface area contributed by atoms with E-state index in [1.807, 2.05) is 0 Å². The van der Waals surface area contributed by atoms with Crippen molar-refractivity contribution >= 4 is 47.8 Å². The fourth-order valence-corrected chi connectivity index (χ4v) is 3.12. The first-order chi connectivity index (χ1) is 13.6. The van der Waals surface area contributed by atoms with Gasteiger partial charge in [0.15, 0.2) is 5.92 Å². The molecule has 146 valence electrons. The fourth-order valence-electron chi connectivity index (χ4n) is 3.12. The molecule has 0 N–H and O–H groups in total. The number of pyridine rings is 1. The van der Waals surface area contributed by atoms with Crippen molar-refractivity contribution in [2.24, 2.45) is 10.9 Å². The molecule has 0 bridgehead atoms. The minimum Gasteiger partial charge on any atom is -0.265 e. The average Bonchev–Trinajstić information content (AvgIpc) is 2.72. The summed E-state index contributed by atoms with van der Waals surface area (Å²) < 4.78 is 1.25. The van der Waals surface area contributed by atoms with Crippen LogP contribution < -0.4 is 0 Å². The molecule has 0 aliphatic carbocycles. The minimum atomic E-state index is -0.746. The molecular formula is C19H15ClN5O4+. The summed E-state index contributed by atoms with van der Waals surface area (Å²) in [5.74, 6) is -0.917. The van der Waals surface area contributed by atoms with Crippen LogP contribution in [0.2, 0.25) is 0 Å². The van der Waals surface area contributed by atoms with E-state index in [-0.39, 0.29) is 36.2 Å². The number of hydrogen-bond donors (Lipinski definition) is 0. The third-order valence-electron chi connectivity index (χ3n) is 4.45. The van der Waals surface area contributed by atoms with E-state index in [1.165, 1.54) is 29.0 Å². The highest BCUT2D eigenvalue weighted by atomic mass is 35.5. The molecule has 0 radical (unpaired) electrons. The molecule has 0 spiro atoms. The van der Waals surface area contributed by atoms with Gasteiger partial charge in [-0.25, -0.2) is 4.79 Å². The molecule has 4 rings (SSSR count). The highest BCUT2D eigenvalue weighted by Gasteiger charge is 2.47. The number of aromatic nitrogens is 1. The van der Waals surface area contributed by atoms with E-state index in [4.69, 9.17) is 0 Å². The number of nitro groups is 1. The van der Waals surface area contributed by atoms with Crippen LogP contribution >= 0.6 is 12.4 Å². The van der Waals surface area contributed by atoms with Crippen LogP contribution in [0.25, 0.3) is 0 Å². The van der Waals surface area contributed by atoms with Gasteiger partial charge in [-0.3, -0.25) is 19.9 Å². The van der Waals surface area contributed by atoms with E-state index in [0.717, 1.165) is 10.5 Å².